The maximum Gasteiger partial charge on any atom is 0.248 e. The van der Waals surface area contributed by atoms with Crippen molar-refractivity contribution in [2.45, 2.75) is 0 Å². The highest BCUT2D eigenvalue weighted by Crippen LogP contribution is 2.38. The average Bonchev–Trinajstić information content (AvgIpc) is 3.22. The van der Waals surface area contributed by atoms with Crippen LogP contribution in [0, 0.1) is 0 Å². The number of para-hydroxylation sites is 1. The summed E-state index contributed by atoms with van der Waals surface area (Å²) in [7, 11) is 6.65. The molecule has 0 spiro atoms. The lowest BCUT2D eigenvalue weighted by molar-refractivity contribution is -0.111. The van der Waals surface area contributed by atoms with Gasteiger partial charge in [0.25, 0.3) is 0 Å². The number of amides is 1. The number of carbonyl (C=O) groups excluding carboxylic acids is 1. The first-order valence-electron chi connectivity index (χ1n) is 11.3. The second kappa shape index (κ2) is 10.7. The van der Waals surface area contributed by atoms with E-state index < -0.39 is 0 Å². The Hall–Kier alpha value is -4.65. The maximum absolute atomic E-state index is 12.5. The molecule has 0 aliphatic rings. The zero-order valence-electron chi connectivity index (χ0n) is 20.6. The van der Waals surface area contributed by atoms with Crippen LogP contribution in [0.15, 0.2) is 66.9 Å². The van der Waals surface area contributed by atoms with E-state index in [0.717, 1.165) is 27.6 Å². The third-order valence-electron chi connectivity index (χ3n) is 5.78. The molecule has 0 atom stereocenters. The van der Waals surface area contributed by atoms with Crippen molar-refractivity contribution in [3.8, 4) is 23.0 Å². The third kappa shape index (κ3) is 5.20. The van der Waals surface area contributed by atoms with E-state index in [2.05, 4.69) is 5.32 Å². The molecule has 0 saturated heterocycles. The number of phenols is 1. The number of fused-ring (bicyclic) bond motifs is 1. The number of nitrogens with zero attached hydrogens (tertiary/aromatic N) is 1. The van der Waals surface area contributed by atoms with Gasteiger partial charge in [-0.3, -0.25) is 4.79 Å². The molecule has 1 aromatic heterocycles. The molecule has 184 valence electrons. The Labute approximate surface area is 209 Å². The van der Waals surface area contributed by atoms with E-state index in [1.54, 1.807) is 45.6 Å². The number of benzene rings is 3. The van der Waals surface area contributed by atoms with Gasteiger partial charge in [-0.2, -0.15) is 0 Å². The number of ether oxygens (including phenoxy) is 3. The number of methoxy groups -OCH3 is 3. The Morgan fingerprint density at radius 2 is 1.58 bits per heavy atom. The van der Waals surface area contributed by atoms with Gasteiger partial charge < -0.3 is 29.2 Å². The van der Waals surface area contributed by atoms with E-state index >= 15 is 0 Å². The topological polar surface area (TPSA) is 82.0 Å². The molecule has 0 aliphatic carbocycles. The number of aromatic nitrogens is 1. The molecule has 1 amide bonds. The smallest absolute Gasteiger partial charge is 0.248 e. The number of aryl methyl sites for hydroxylation is 1. The summed E-state index contributed by atoms with van der Waals surface area (Å²) in [6.07, 6.45) is 8.90. The molecule has 4 rings (SSSR count). The summed E-state index contributed by atoms with van der Waals surface area (Å²) in [5, 5.41) is 14.3. The fraction of sp³-hybridized carbons (Fsp3) is 0.138. The molecule has 0 unspecified atom stereocenters. The van der Waals surface area contributed by atoms with Crippen molar-refractivity contribution >= 4 is 40.7 Å². The summed E-state index contributed by atoms with van der Waals surface area (Å²) in [5.74, 6) is 1.25. The Morgan fingerprint density at radius 1 is 0.889 bits per heavy atom. The quantitative estimate of drug-likeness (QED) is 0.190. The van der Waals surface area contributed by atoms with Crippen LogP contribution in [0.25, 0.3) is 29.1 Å². The normalized spacial score (nSPS) is 11.3. The fourth-order valence-electron chi connectivity index (χ4n) is 3.99. The van der Waals surface area contributed by atoms with E-state index in [1.807, 2.05) is 66.4 Å². The zero-order chi connectivity index (χ0) is 25.7. The third-order valence-corrected chi connectivity index (χ3v) is 5.78. The molecule has 4 aromatic rings. The lowest BCUT2D eigenvalue weighted by Crippen LogP contribution is -2.07. The standard InChI is InChI=1S/C29H28N2O5/c1-31-18-21(22-7-5-6-8-24(22)31)12-14-28(33)30-23-13-11-19(15-25(23)32)9-10-20-16-26(34-2)29(36-4)27(17-20)35-3/h5-18,32H,1-4H3,(H,30,33)/b10-9+,14-12+. The van der Waals surface area contributed by atoms with Gasteiger partial charge in [0, 0.05) is 35.8 Å². The molecule has 0 fully saturated rings. The number of phenolic OH excluding ortho intramolecular Hbond substituents is 1. The van der Waals surface area contributed by atoms with E-state index in [0.29, 0.717) is 22.9 Å². The maximum atomic E-state index is 12.5. The monoisotopic (exact) mass is 484 g/mol. The lowest BCUT2D eigenvalue weighted by atomic mass is 10.1. The number of hydrogen-bond donors (Lipinski definition) is 2. The summed E-state index contributed by atoms with van der Waals surface area (Å²) in [6, 6.07) is 16.7. The van der Waals surface area contributed by atoms with Crippen LogP contribution in [0.4, 0.5) is 5.69 Å². The largest absolute Gasteiger partial charge is 0.506 e. The number of rotatable bonds is 8. The Bertz CT molecular complexity index is 1440. The van der Waals surface area contributed by atoms with Gasteiger partial charge in [-0.05, 0) is 47.5 Å². The highest BCUT2D eigenvalue weighted by molar-refractivity contribution is 6.04. The Balaban J connectivity index is 1.47. The minimum absolute atomic E-state index is 0.0334. The number of carbonyl (C=O) groups is 1. The van der Waals surface area contributed by atoms with Gasteiger partial charge in [0.15, 0.2) is 11.5 Å². The lowest BCUT2D eigenvalue weighted by Gasteiger charge is -2.12. The van der Waals surface area contributed by atoms with Gasteiger partial charge in [-0.1, -0.05) is 36.4 Å². The second-order valence-electron chi connectivity index (χ2n) is 8.10. The van der Waals surface area contributed by atoms with Crippen molar-refractivity contribution in [2.75, 3.05) is 26.6 Å². The van der Waals surface area contributed by atoms with Crippen molar-refractivity contribution in [1.29, 1.82) is 0 Å². The van der Waals surface area contributed by atoms with E-state index in [4.69, 9.17) is 14.2 Å². The summed E-state index contributed by atoms with van der Waals surface area (Å²) in [5.41, 5.74) is 3.95. The second-order valence-corrected chi connectivity index (χ2v) is 8.10. The molecule has 0 radical (unpaired) electrons. The van der Waals surface area contributed by atoms with Gasteiger partial charge in [0.1, 0.15) is 5.75 Å². The van der Waals surface area contributed by atoms with E-state index in [9.17, 15) is 9.90 Å². The molecule has 2 N–H and O–H groups in total. The predicted molar refractivity (Wildman–Crippen MR) is 144 cm³/mol. The fourth-order valence-corrected chi connectivity index (χ4v) is 3.99. The molecule has 36 heavy (non-hydrogen) atoms. The van der Waals surface area contributed by atoms with E-state index in [1.165, 1.54) is 6.08 Å². The van der Waals surface area contributed by atoms with Crippen molar-refractivity contribution in [3.63, 3.8) is 0 Å². The van der Waals surface area contributed by atoms with Crippen LogP contribution in [-0.4, -0.2) is 36.9 Å². The van der Waals surface area contributed by atoms with Crippen LogP contribution in [0.3, 0.4) is 0 Å². The molecule has 0 aliphatic heterocycles. The molecule has 3 aromatic carbocycles. The van der Waals surface area contributed by atoms with Gasteiger partial charge in [-0.15, -0.1) is 0 Å². The molecule has 7 heteroatoms. The summed E-state index contributed by atoms with van der Waals surface area (Å²) in [6.45, 7) is 0. The summed E-state index contributed by atoms with van der Waals surface area (Å²) in [4.78, 5) is 12.5. The van der Waals surface area contributed by atoms with Crippen molar-refractivity contribution in [3.05, 3.63) is 83.6 Å². The Morgan fingerprint density at radius 3 is 2.25 bits per heavy atom. The number of hydrogen-bond acceptors (Lipinski definition) is 5. The van der Waals surface area contributed by atoms with E-state index in [-0.39, 0.29) is 11.7 Å². The van der Waals surface area contributed by atoms with Gasteiger partial charge in [-0.25, -0.2) is 0 Å². The van der Waals surface area contributed by atoms with Crippen LogP contribution >= 0.6 is 0 Å². The first kappa shape index (κ1) is 24.5. The molecule has 0 saturated carbocycles. The van der Waals surface area contributed by atoms with Crippen molar-refractivity contribution in [1.82, 2.24) is 4.57 Å². The first-order chi connectivity index (χ1) is 17.4. The summed E-state index contributed by atoms with van der Waals surface area (Å²) >= 11 is 0. The highest BCUT2D eigenvalue weighted by Gasteiger charge is 2.12. The van der Waals surface area contributed by atoms with Crippen LogP contribution in [0.1, 0.15) is 16.7 Å². The molecular weight excluding hydrogens is 456 g/mol. The summed E-state index contributed by atoms with van der Waals surface area (Å²) < 4.78 is 18.1. The van der Waals surface area contributed by atoms with Crippen LogP contribution in [-0.2, 0) is 11.8 Å². The van der Waals surface area contributed by atoms with Gasteiger partial charge >= 0.3 is 0 Å². The van der Waals surface area contributed by atoms with Crippen molar-refractivity contribution < 1.29 is 24.1 Å². The minimum atomic E-state index is -0.334. The van der Waals surface area contributed by atoms with Crippen LogP contribution in [0.5, 0.6) is 23.0 Å². The van der Waals surface area contributed by atoms with Crippen molar-refractivity contribution in [2.24, 2.45) is 7.05 Å². The zero-order valence-corrected chi connectivity index (χ0v) is 20.6. The molecular formula is C29H28N2O5. The number of aromatic hydroxyl groups is 1. The van der Waals surface area contributed by atoms with Gasteiger partial charge in [0.05, 0.1) is 27.0 Å². The average molecular weight is 485 g/mol. The minimum Gasteiger partial charge on any atom is -0.506 e. The predicted octanol–water partition coefficient (Wildman–Crippen LogP) is 5.73. The van der Waals surface area contributed by atoms with Gasteiger partial charge in [0.2, 0.25) is 11.7 Å². The highest BCUT2D eigenvalue weighted by atomic mass is 16.5. The Kier molecular flexibility index (Phi) is 7.30. The molecule has 7 nitrogen and oxygen atoms in total. The van der Waals surface area contributed by atoms with Crippen LogP contribution in [0.2, 0.25) is 0 Å². The van der Waals surface area contributed by atoms with Crippen LogP contribution < -0.4 is 19.5 Å². The molecule has 1 heterocycles. The first-order valence-corrected chi connectivity index (χ1v) is 11.3. The molecule has 0 bridgehead atoms. The number of nitrogens with one attached hydrogen (secondary N) is 1. The SMILES string of the molecule is COc1cc(/C=C/c2ccc(NC(=O)/C=C/c3cn(C)c4ccccc34)c(O)c2)cc(OC)c1OC. The number of anilines is 1.